The van der Waals surface area contributed by atoms with E-state index < -0.39 is 0 Å². The zero-order valence-corrected chi connectivity index (χ0v) is 34.2. The van der Waals surface area contributed by atoms with Gasteiger partial charge in [-0.05, 0) is 75.4 Å². The number of pyridine rings is 1. The predicted octanol–water partition coefficient (Wildman–Crippen LogP) is 12.2. The van der Waals surface area contributed by atoms with Gasteiger partial charge in [0.1, 0.15) is 5.82 Å². The third-order valence-electron chi connectivity index (χ3n) is 10.3. The van der Waals surface area contributed by atoms with Gasteiger partial charge in [0.2, 0.25) is 0 Å². The molecule has 0 spiro atoms. The molecule has 8 aromatic rings. The van der Waals surface area contributed by atoms with E-state index in [1.807, 2.05) is 16.9 Å². The summed E-state index contributed by atoms with van der Waals surface area (Å²) >= 11 is 1.76. The number of hydrogen-bond donors (Lipinski definition) is 0. The van der Waals surface area contributed by atoms with Crippen LogP contribution >= 0.6 is 11.8 Å². The Labute approximate surface area is 329 Å². The molecular weight excluding hydrogens is 691 g/mol. The molecule has 0 aliphatic rings. The Morgan fingerprint density at radius 1 is 0.564 bits per heavy atom. The maximum Gasteiger partial charge on any atom is 0.273 e. The molecule has 5 nitrogen and oxygen atoms in total. The zero-order chi connectivity index (χ0) is 38.7. The molecule has 0 amide bonds. The number of aromatic nitrogens is 5. The van der Waals surface area contributed by atoms with Gasteiger partial charge in [-0.1, -0.05) is 159 Å². The van der Waals surface area contributed by atoms with Crippen LogP contribution in [0.4, 0.5) is 0 Å². The van der Waals surface area contributed by atoms with Crippen molar-refractivity contribution in [3.05, 3.63) is 157 Å². The van der Waals surface area contributed by atoms with E-state index >= 15 is 0 Å². The van der Waals surface area contributed by atoms with Gasteiger partial charge in [-0.2, -0.15) is 4.68 Å². The minimum absolute atomic E-state index is 0.0145. The molecule has 0 aliphatic carbocycles. The first kappa shape index (κ1) is 36.5. The summed E-state index contributed by atoms with van der Waals surface area (Å²) in [5, 5.41) is 7.65. The van der Waals surface area contributed by atoms with E-state index in [2.05, 4.69) is 199 Å². The fourth-order valence-electron chi connectivity index (χ4n) is 7.06. The van der Waals surface area contributed by atoms with Crippen LogP contribution in [0.25, 0.3) is 50.4 Å². The number of fused-ring (bicyclic) bond motifs is 3. The highest BCUT2D eigenvalue weighted by atomic mass is 32.2. The van der Waals surface area contributed by atoms with Crippen molar-refractivity contribution in [1.29, 1.82) is 0 Å². The normalized spacial score (nSPS) is 12.5. The SMILES string of the molecule is CC(C)(C)c1cc(-[n+]2[c-]n(-c3cccc(Sc4ccc5c6ccccc6n(-c6cc(C(C)(C)C)ccn6)c5c4)c3)c(-c3ccccc3)n2)cc(C(C)(C)C)c1. The van der Waals surface area contributed by atoms with Crippen LogP contribution in [0, 0.1) is 6.33 Å². The fourth-order valence-corrected chi connectivity index (χ4v) is 7.97. The van der Waals surface area contributed by atoms with Crippen LogP contribution in [-0.4, -0.2) is 19.2 Å². The average molecular weight is 740 g/mol. The molecule has 0 saturated heterocycles. The van der Waals surface area contributed by atoms with E-state index in [0.29, 0.717) is 0 Å². The number of para-hydroxylation sites is 1. The average Bonchev–Trinajstić information content (AvgIpc) is 3.74. The minimum atomic E-state index is -0.0166. The quantitative estimate of drug-likeness (QED) is 0.126. The second-order valence-corrected chi connectivity index (χ2v) is 18.7. The minimum Gasteiger partial charge on any atom is -0.294 e. The third kappa shape index (κ3) is 7.24. The summed E-state index contributed by atoms with van der Waals surface area (Å²) in [5.41, 5.74) is 9.12. The van der Waals surface area contributed by atoms with Crippen molar-refractivity contribution in [2.45, 2.75) is 88.3 Å². The standard InChI is InChI=1S/C49H49N5S/c1-47(2,3)34-24-25-50-45(29-34)54-43-21-14-13-20-41(43)42-23-22-40(31-44(42)54)55-39-19-15-18-37(30-39)52-32-53(51-46(52)33-16-11-10-12-17-33)38-27-35(48(4,5)6)26-36(28-38)49(7,8)9/h10-31H,1-9H3. The van der Waals surface area contributed by atoms with Crippen LogP contribution in [0.1, 0.15) is 79.0 Å². The van der Waals surface area contributed by atoms with E-state index in [0.717, 1.165) is 49.4 Å². The van der Waals surface area contributed by atoms with Gasteiger partial charge < -0.3 is 0 Å². The van der Waals surface area contributed by atoms with Gasteiger partial charge >= 0.3 is 0 Å². The van der Waals surface area contributed by atoms with Crippen LogP contribution in [-0.2, 0) is 16.2 Å². The lowest BCUT2D eigenvalue weighted by Gasteiger charge is -2.26. The van der Waals surface area contributed by atoms with Gasteiger partial charge in [0.25, 0.3) is 6.33 Å². The van der Waals surface area contributed by atoms with Crippen molar-refractivity contribution < 1.29 is 4.68 Å². The molecule has 55 heavy (non-hydrogen) atoms. The topological polar surface area (TPSA) is 39.5 Å². The largest absolute Gasteiger partial charge is 0.294 e. The lowest BCUT2D eigenvalue weighted by molar-refractivity contribution is -0.660. The number of nitrogens with zero attached hydrogens (tertiary/aromatic N) is 5. The molecule has 0 atom stereocenters. The van der Waals surface area contributed by atoms with Crippen molar-refractivity contribution in [3.63, 3.8) is 0 Å². The van der Waals surface area contributed by atoms with Crippen LogP contribution in [0.2, 0.25) is 0 Å². The second kappa shape index (κ2) is 13.7. The van der Waals surface area contributed by atoms with Crippen LogP contribution in [0.15, 0.2) is 143 Å². The van der Waals surface area contributed by atoms with E-state index in [4.69, 9.17) is 10.1 Å². The van der Waals surface area contributed by atoms with Gasteiger partial charge in [0.05, 0.1) is 22.4 Å². The molecule has 5 aromatic carbocycles. The summed E-state index contributed by atoms with van der Waals surface area (Å²) in [5.74, 6) is 1.76. The Morgan fingerprint density at radius 2 is 1.22 bits per heavy atom. The molecule has 0 radical (unpaired) electrons. The summed E-state index contributed by atoms with van der Waals surface area (Å²) in [7, 11) is 0. The summed E-state index contributed by atoms with van der Waals surface area (Å²) in [6.07, 6.45) is 5.58. The highest BCUT2D eigenvalue weighted by Crippen LogP contribution is 2.38. The summed E-state index contributed by atoms with van der Waals surface area (Å²) in [6, 6.07) is 45.7. The molecular formula is C49H49N5S. The second-order valence-electron chi connectivity index (χ2n) is 17.6. The highest BCUT2D eigenvalue weighted by molar-refractivity contribution is 7.99. The van der Waals surface area contributed by atoms with Crippen LogP contribution in [0.5, 0.6) is 0 Å². The Morgan fingerprint density at radius 3 is 1.93 bits per heavy atom. The lowest BCUT2D eigenvalue weighted by atomic mass is 9.80. The Kier molecular flexibility index (Phi) is 9.08. The van der Waals surface area contributed by atoms with Crippen LogP contribution < -0.4 is 4.68 Å². The van der Waals surface area contributed by atoms with E-state index in [1.54, 1.807) is 11.8 Å². The predicted molar refractivity (Wildman–Crippen MR) is 228 cm³/mol. The maximum atomic E-state index is 5.21. The molecule has 0 N–H and O–H groups in total. The molecule has 0 bridgehead atoms. The molecule has 3 aromatic heterocycles. The van der Waals surface area contributed by atoms with Gasteiger partial charge in [-0.3, -0.25) is 9.13 Å². The molecule has 6 heteroatoms. The monoisotopic (exact) mass is 739 g/mol. The van der Waals surface area contributed by atoms with Crippen molar-refractivity contribution in [2.24, 2.45) is 0 Å². The van der Waals surface area contributed by atoms with E-state index in [-0.39, 0.29) is 16.2 Å². The van der Waals surface area contributed by atoms with Crippen molar-refractivity contribution in [3.8, 4) is 28.6 Å². The molecule has 0 unspecified atom stereocenters. The van der Waals surface area contributed by atoms with E-state index in [1.165, 1.54) is 27.5 Å². The van der Waals surface area contributed by atoms with Crippen molar-refractivity contribution in [1.82, 2.24) is 19.2 Å². The Bertz CT molecular complexity index is 2650. The molecule has 3 heterocycles. The number of benzene rings is 5. The van der Waals surface area contributed by atoms with Gasteiger partial charge in [-0.15, -0.1) is 5.10 Å². The van der Waals surface area contributed by atoms with Crippen molar-refractivity contribution >= 4 is 33.6 Å². The first-order valence-electron chi connectivity index (χ1n) is 19.1. The Hall–Kier alpha value is -5.46. The van der Waals surface area contributed by atoms with Gasteiger partial charge in [0, 0.05) is 32.3 Å². The molecule has 0 saturated carbocycles. The molecule has 0 fully saturated rings. The molecule has 0 aliphatic heterocycles. The first-order chi connectivity index (χ1) is 26.1. The smallest absolute Gasteiger partial charge is 0.273 e. The molecule has 8 rings (SSSR count). The molecule has 276 valence electrons. The summed E-state index contributed by atoms with van der Waals surface area (Å²) in [4.78, 5) is 7.17. The van der Waals surface area contributed by atoms with Gasteiger partial charge in [-0.25, -0.2) is 4.98 Å². The third-order valence-corrected chi connectivity index (χ3v) is 11.3. The Balaban J connectivity index is 1.22. The maximum absolute atomic E-state index is 5.21. The lowest BCUT2D eigenvalue weighted by Crippen LogP contribution is -2.34. The summed E-state index contributed by atoms with van der Waals surface area (Å²) in [6.45, 7) is 20.3. The van der Waals surface area contributed by atoms with Gasteiger partial charge in [0.15, 0.2) is 5.82 Å². The summed E-state index contributed by atoms with van der Waals surface area (Å²) < 4.78 is 6.32. The van der Waals surface area contributed by atoms with E-state index in [9.17, 15) is 0 Å². The zero-order valence-electron chi connectivity index (χ0n) is 33.3. The fraction of sp³-hybridized carbons (Fsp3) is 0.245. The highest BCUT2D eigenvalue weighted by Gasteiger charge is 2.23. The first-order valence-corrected chi connectivity index (χ1v) is 19.9. The van der Waals surface area contributed by atoms with Crippen LogP contribution in [0.3, 0.4) is 0 Å². The number of rotatable bonds is 6. The number of hydrogen-bond acceptors (Lipinski definition) is 3. The van der Waals surface area contributed by atoms with Crippen molar-refractivity contribution in [2.75, 3.05) is 0 Å².